The molecule has 0 aliphatic heterocycles. The number of rotatable bonds is 1. The zero-order chi connectivity index (χ0) is 7.56. The minimum Gasteiger partial charge on any atom is -0.293 e. The first-order chi connectivity index (χ1) is 4.74. The van der Waals surface area contributed by atoms with Gasteiger partial charge in [-0.1, -0.05) is 0 Å². The molecule has 4 nitrogen and oxygen atoms in total. The summed E-state index contributed by atoms with van der Waals surface area (Å²) in [5.74, 6) is -0.141. The van der Waals surface area contributed by atoms with Crippen LogP contribution in [0.2, 0.25) is 0 Å². The highest BCUT2D eigenvalue weighted by atomic mass is 16.1. The van der Waals surface area contributed by atoms with E-state index in [4.69, 9.17) is 5.26 Å². The molecule has 0 fully saturated rings. The summed E-state index contributed by atoms with van der Waals surface area (Å²) < 4.78 is 0. The predicted molar refractivity (Wildman–Crippen MR) is 33.3 cm³/mol. The first-order valence-corrected chi connectivity index (χ1v) is 2.70. The van der Waals surface area contributed by atoms with Crippen molar-refractivity contribution < 1.29 is 4.79 Å². The van der Waals surface area contributed by atoms with Crippen LogP contribution in [-0.2, 0) is 0 Å². The zero-order valence-corrected chi connectivity index (χ0v) is 5.38. The van der Waals surface area contributed by atoms with Crippen molar-refractivity contribution in [3.8, 4) is 6.07 Å². The molecule has 4 heteroatoms. The molecule has 0 aliphatic carbocycles. The van der Waals surface area contributed by atoms with Crippen molar-refractivity contribution in [3.05, 3.63) is 17.5 Å². The molecule has 0 spiro atoms. The summed E-state index contributed by atoms with van der Waals surface area (Å²) in [4.78, 5) is 10.6. The fourth-order valence-corrected chi connectivity index (χ4v) is 0.559. The van der Waals surface area contributed by atoms with Gasteiger partial charge in [-0.3, -0.25) is 9.89 Å². The van der Waals surface area contributed by atoms with E-state index in [1.165, 1.54) is 13.0 Å². The van der Waals surface area contributed by atoms with Gasteiger partial charge in [0.15, 0.2) is 5.78 Å². The van der Waals surface area contributed by atoms with Gasteiger partial charge in [0.25, 0.3) is 0 Å². The van der Waals surface area contributed by atoms with Crippen molar-refractivity contribution in [2.24, 2.45) is 0 Å². The third kappa shape index (κ3) is 1.03. The molecule has 0 amide bonds. The number of ketones is 1. The number of aromatic amines is 1. The molecule has 1 rings (SSSR count). The summed E-state index contributed by atoms with van der Waals surface area (Å²) in [6.45, 7) is 1.40. The summed E-state index contributed by atoms with van der Waals surface area (Å²) in [6, 6.07) is 3.25. The molecular formula is C6H5N3O. The van der Waals surface area contributed by atoms with E-state index in [0.717, 1.165) is 0 Å². The van der Waals surface area contributed by atoms with Gasteiger partial charge in [-0.05, 0) is 0 Å². The van der Waals surface area contributed by atoms with Crippen molar-refractivity contribution in [2.45, 2.75) is 6.92 Å². The van der Waals surface area contributed by atoms with Crippen molar-refractivity contribution in [1.29, 1.82) is 5.26 Å². The molecule has 0 saturated heterocycles. The standard InChI is InChI=1S/C6H5N3O/c1-4(10)6-2-5(3-7)8-9-6/h2H,1H3,(H,8,9). The van der Waals surface area contributed by atoms with Gasteiger partial charge in [0.2, 0.25) is 0 Å². The Morgan fingerprint density at radius 2 is 2.60 bits per heavy atom. The Kier molecular flexibility index (Phi) is 1.50. The highest BCUT2D eigenvalue weighted by molar-refractivity contribution is 5.92. The van der Waals surface area contributed by atoms with Crippen molar-refractivity contribution in [2.75, 3.05) is 0 Å². The maximum absolute atomic E-state index is 10.6. The van der Waals surface area contributed by atoms with E-state index in [9.17, 15) is 4.79 Å². The normalized spacial score (nSPS) is 8.80. The third-order valence-electron chi connectivity index (χ3n) is 1.06. The lowest BCUT2D eigenvalue weighted by Crippen LogP contribution is -1.90. The largest absolute Gasteiger partial charge is 0.293 e. The lowest BCUT2D eigenvalue weighted by atomic mass is 10.3. The average Bonchev–Trinajstić information content (AvgIpc) is 2.34. The Balaban J connectivity index is 3.02. The molecular weight excluding hydrogens is 130 g/mol. The minimum atomic E-state index is -0.141. The van der Waals surface area contributed by atoms with Gasteiger partial charge >= 0.3 is 0 Å². The van der Waals surface area contributed by atoms with Gasteiger partial charge in [0, 0.05) is 13.0 Å². The van der Waals surface area contributed by atoms with Crippen LogP contribution in [0.3, 0.4) is 0 Å². The van der Waals surface area contributed by atoms with Crippen LogP contribution in [0.1, 0.15) is 23.1 Å². The second kappa shape index (κ2) is 2.31. The van der Waals surface area contributed by atoms with Crippen LogP contribution in [-0.4, -0.2) is 16.0 Å². The molecule has 0 radical (unpaired) electrons. The number of carbonyl (C=O) groups excluding carboxylic acids is 1. The smallest absolute Gasteiger partial charge is 0.180 e. The number of nitrogens with zero attached hydrogens (tertiary/aromatic N) is 2. The summed E-state index contributed by atoms with van der Waals surface area (Å²) in [7, 11) is 0. The maximum atomic E-state index is 10.6. The minimum absolute atomic E-state index is 0.141. The van der Waals surface area contributed by atoms with Crippen molar-refractivity contribution in [3.63, 3.8) is 0 Å². The molecule has 10 heavy (non-hydrogen) atoms. The highest BCUT2D eigenvalue weighted by Crippen LogP contribution is 1.97. The van der Waals surface area contributed by atoms with Gasteiger partial charge in [0.05, 0.1) is 0 Å². The van der Waals surface area contributed by atoms with Gasteiger partial charge in [-0.25, -0.2) is 0 Å². The van der Waals surface area contributed by atoms with E-state index >= 15 is 0 Å². The van der Waals surface area contributed by atoms with E-state index in [2.05, 4.69) is 10.2 Å². The highest BCUT2D eigenvalue weighted by Gasteiger charge is 2.02. The van der Waals surface area contributed by atoms with Gasteiger partial charge in [0.1, 0.15) is 17.5 Å². The van der Waals surface area contributed by atoms with E-state index in [-0.39, 0.29) is 5.78 Å². The molecule has 0 atom stereocenters. The summed E-state index contributed by atoms with van der Waals surface area (Å²) in [6.07, 6.45) is 0. The number of Topliss-reactive ketones (excluding diaryl/α,β-unsaturated/α-hetero) is 1. The Morgan fingerprint density at radius 3 is 2.90 bits per heavy atom. The molecule has 1 heterocycles. The molecule has 1 N–H and O–H groups in total. The molecule has 0 bridgehead atoms. The number of hydrogen-bond acceptors (Lipinski definition) is 3. The fraction of sp³-hybridized carbons (Fsp3) is 0.167. The monoisotopic (exact) mass is 135 g/mol. The molecule has 0 saturated carbocycles. The van der Waals surface area contributed by atoms with Crippen LogP contribution in [0.4, 0.5) is 0 Å². The van der Waals surface area contributed by atoms with Gasteiger partial charge < -0.3 is 0 Å². The van der Waals surface area contributed by atoms with E-state index < -0.39 is 0 Å². The third-order valence-corrected chi connectivity index (χ3v) is 1.06. The van der Waals surface area contributed by atoms with E-state index in [1.54, 1.807) is 0 Å². The van der Waals surface area contributed by atoms with Gasteiger partial charge in [-0.2, -0.15) is 10.4 Å². The van der Waals surface area contributed by atoms with Crippen LogP contribution in [0.15, 0.2) is 6.07 Å². The van der Waals surface area contributed by atoms with Crippen LogP contribution < -0.4 is 0 Å². The predicted octanol–water partition coefficient (Wildman–Crippen LogP) is 0.484. The second-order valence-corrected chi connectivity index (χ2v) is 1.83. The SMILES string of the molecule is CC(=O)c1cc(C#N)[nH]n1. The fourth-order valence-electron chi connectivity index (χ4n) is 0.559. The Hall–Kier alpha value is -1.63. The first kappa shape index (κ1) is 6.49. The van der Waals surface area contributed by atoms with Gasteiger partial charge in [-0.15, -0.1) is 0 Å². The summed E-state index contributed by atoms with van der Waals surface area (Å²) in [5.41, 5.74) is 0.613. The van der Waals surface area contributed by atoms with Crippen molar-refractivity contribution in [1.82, 2.24) is 10.2 Å². The Labute approximate surface area is 57.5 Å². The van der Waals surface area contributed by atoms with Crippen LogP contribution >= 0.6 is 0 Å². The van der Waals surface area contributed by atoms with Crippen LogP contribution in [0, 0.1) is 11.3 Å². The average molecular weight is 135 g/mol. The van der Waals surface area contributed by atoms with E-state index in [1.807, 2.05) is 6.07 Å². The molecule has 0 aromatic carbocycles. The van der Waals surface area contributed by atoms with Crippen molar-refractivity contribution >= 4 is 5.78 Å². The summed E-state index contributed by atoms with van der Waals surface area (Å²) in [5, 5.41) is 14.3. The zero-order valence-electron chi connectivity index (χ0n) is 5.38. The number of carbonyl (C=O) groups is 1. The molecule has 50 valence electrons. The lowest BCUT2D eigenvalue weighted by Gasteiger charge is -1.78. The van der Waals surface area contributed by atoms with E-state index in [0.29, 0.717) is 11.4 Å². The van der Waals surface area contributed by atoms with Crippen LogP contribution in [0.25, 0.3) is 0 Å². The lowest BCUT2D eigenvalue weighted by molar-refractivity contribution is 0.101. The quantitative estimate of drug-likeness (QED) is 0.569. The number of aromatic nitrogens is 2. The molecule has 0 aliphatic rings. The number of nitrogens with one attached hydrogen (secondary N) is 1. The first-order valence-electron chi connectivity index (χ1n) is 2.70. The number of nitriles is 1. The Morgan fingerprint density at radius 1 is 1.90 bits per heavy atom. The van der Waals surface area contributed by atoms with Crippen LogP contribution in [0.5, 0.6) is 0 Å². The molecule has 1 aromatic rings. The Bertz CT molecular complexity index is 294. The maximum Gasteiger partial charge on any atom is 0.180 e. The number of H-pyrrole nitrogens is 1. The topological polar surface area (TPSA) is 69.5 Å². The summed E-state index contributed by atoms with van der Waals surface area (Å²) >= 11 is 0. The molecule has 1 aromatic heterocycles. The molecule has 0 unspecified atom stereocenters. The number of hydrogen-bond donors (Lipinski definition) is 1. The second-order valence-electron chi connectivity index (χ2n) is 1.83.